The molecule has 0 rings (SSSR count). The van der Waals surface area contributed by atoms with Gasteiger partial charge in [-0.2, -0.15) is 0 Å². The average Bonchev–Trinajstić information content (AvgIpc) is 1.25. The Balaban J connectivity index is -0.0000000720. The van der Waals surface area contributed by atoms with Gasteiger partial charge in [0.25, 0.3) is 0 Å². The monoisotopic (exact) mass is 221 g/mol. The predicted octanol–water partition coefficient (Wildman–Crippen LogP) is -2.49. The number of carbonyl (C=O) groups excluding carboxylic acids is 2. The van der Waals surface area contributed by atoms with Gasteiger partial charge in [-0.05, 0) is 13.8 Å². The fraction of sp³-hybridized carbons (Fsp3) is 0.500. The minimum atomic E-state index is -1.08. The van der Waals surface area contributed by atoms with Crippen molar-refractivity contribution in [1.29, 1.82) is 0 Å². The summed E-state index contributed by atoms with van der Waals surface area (Å²) in [5.74, 6) is -2.17. The molecule has 0 aliphatic heterocycles. The first-order chi connectivity index (χ1) is 3.46. The van der Waals surface area contributed by atoms with Gasteiger partial charge < -0.3 is 19.8 Å². The van der Waals surface area contributed by atoms with Crippen LogP contribution in [0, 0.1) is 0 Å². The van der Waals surface area contributed by atoms with Crippen molar-refractivity contribution in [3.8, 4) is 0 Å². The van der Waals surface area contributed by atoms with Crippen molar-refractivity contribution in [3.63, 3.8) is 0 Å². The second kappa shape index (κ2) is 10.5. The standard InChI is InChI=1S/2C2H4O2.Rh/c2*1-2(3)4;/h2*1H3,(H,3,4);/p-2. The van der Waals surface area contributed by atoms with Gasteiger partial charge >= 0.3 is 0 Å². The molecule has 0 aliphatic rings. The predicted molar refractivity (Wildman–Crippen MR) is 21.4 cm³/mol. The van der Waals surface area contributed by atoms with Gasteiger partial charge in [-0.15, -0.1) is 0 Å². The Morgan fingerprint density at radius 2 is 1.00 bits per heavy atom. The third-order valence-electron chi connectivity index (χ3n) is 0. The smallest absolute Gasteiger partial charge is 0.0383 e. The summed E-state index contributed by atoms with van der Waals surface area (Å²) in [6, 6.07) is 0. The summed E-state index contributed by atoms with van der Waals surface area (Å²) in [5.41, 5.74) is 0. The van der Waals surface area contributed by atoms with Gasteiger partial charge in [0.15, 0.2) is 0 Å². The fourth-order valence-corrected chi connectivity index (χ4v) is 0. The summed E-state index contributed by atoms with van der Waals surface area (Å²) in [4.78, 5) is 17.8. The zero-order chi connectivity index (χ0) is 7.15. The van der Waals surface area contributed by atoms with Gasteiger partial charge in [-0.3, -0.25) is 0 Å². The molecule has 57 valence electrons. The van der Waals surface area contributed by atoms with Crippen molar-refractivity contribution in [2.75, 3.05) is 0 Å². The maximum atomic E-state index is 8.89. The summed E-state index contributed by atoms with van der Waals surface area (Å²) in [7, 11) is 0. The molecule has 0 saturated carbocycles. The van der Waals surface area contributed by atoms with Crippen molar-refractivity contribution in [1.82, 2.24) is 0 Å². The van der Waals surface area contributed by atoms with E-state index in [4.69, 9.17) is 19.8 Å². The molecule has 0 saturated heterocycles. The van der Waals surface area contributed by atoms with Crippen molar-refractivity contribution in [2.24, 2.45) is 0 Å². The van der Waals surface area contributed by atoms with E-state index < -0.39 is 11.9 Å². The minimum absolute atomic E-state index is 0. The largest absolute Gasteiger partial charge is 0.550 e. The van der Waals surface area contributed by atoms with Gasteiger partial charge in [-0.1, -0.05) is 0 Å². The zero-order valence-corrected chi connectivity index (χ0v) is 6.61. The minimum Gasteiger partial charge on any atom is -0.550 e. The van der Waals surface area contributed by atoms with Gasteiger partial charge in [0.2, 0.25) is 0 Å². The Kier molecular flexibility index (Phi) is 18.5. The van der Waals surface area contributed by atoms with Gasteiger partial charge in [0.1, 0.15) is 0 Å². The first kappa shape index (κ1) is 15.8. The van der Waals surface area contributed by atoms with Crippen LogP contribution < -0.4 is 10.2 Å². The molecule has 9 heavy (non-hydrogen) atoms. The first-order valence-corrected chi connectivity index (χ1v) is 1.82. The van der Waals surface area contributed by atoms with Crippen LogP contribution >= 0.6 is 0 Å². The van der Waals surface area contributed by atoms with E-state index in [0.717, 1.165) is 13.8 Å². The molecule has 0 fully saturated rings. The molecule has 0 aromatic rings. The van der Waals surface area contributed by atoms with Gasteiger partial charge in [-0.25, -0.2) is 0 Å². The molecule has 1 radical (unpaired) electrons. The van der Waals surface area contributed by atoms with Crippen molar-refractivity contribution in [3.05, 3.63) is 0 Å². The topological polar surface area (TPSA) is 80.3 Å². The van der Waals surface area contributed by atoms with E-state index in [9.17, 15) is 0 Å². The van der Waals surface area contributed by atoms with Crippen molar-refractivity contribution < 1.29 is 39.3 Å². The van der Waals surface area contributed by atoms with Crippen molar-refractivity contribution in [2.45, 2.75) is 13.8 Å². The molecule has 0 atom stereocenters. The van der Waals surface area contributed by atoms with Crippen LogP contribution in [0.15, 0.2) is 0 Å². The van der Waals surface area contributed by atoms with Crippen LogP contribution in [-0.4, -0.2) is 11.9 Å². The SMILES string of the molecule is CC(=O)[O-].CC(=O)[O-].[Rh]. The molecule has 0 heterocycles. The quantitative estimate of drug-likeness (QED) is 0.424. The van der Waals surface area contributed by atoms with Crippen LogP contribution in [0.1, 0.15) is 13.8 Å². The van der Waals surface area contributed by atoms with E-state index in [2.05, 4.69) is 0 Å². The van der Waals surface area contributed by atoms with Crippen molar-refractivity contribution >= 4 is 11.9 Å². The summed E-state index contributed by atoms with van der Waals surface area (Å²) >= 11 is 0. The van der Waals surface area contributed by atoms with Gasteiger partial charge in [0.05, 0.1) is 0 Å². The maximum absolute atomic E-state index is 8.89. The maximum Gasteiger partial charge on any atom is 0.0383 e. The number of hydrogen-bond acceptors (Lipinski definition) is 4. The molecule has 0 unspecified atom stereocenters. The molecule has 0 amide bonds. The summed E-state index contributed by atoms with van der Waals surface area (Å²) < 4.78 is 0. The van der Waals surface area contributed by atoms with Crippen LogP contribution in [0.25, 0.3) is 0 Å². The normalized spacial score (nSPS) is 5.56. The van der Waals surface area contributed by atoms with Crippen LogP contribution in [0.2, 0.25) is 0 Å². The van der Waals surface area contributed by atoms with E-state index in [1.54, 1.807) is 0 Å². The van der Waals surface area contributed by atoms with E-state index in [1.165, 1.54) is 0 Å². The van der Waals surface area contributed by atoms with Crippen LogP contribution in [-0.2, 0) is 29.1 Å². The number of carboxylic acid groups (broad SMARTS) is 2. The molecule has 0 N–H and O–H groups in total. The Morgan fingerprint density at radius 3 is 1.00 bits per heavy atom. The fourth-order valence-electron chi connectivity index (χ4n) is 0. The average molecular weight is 221 g/mol. The molecule has 0 aromatic heterocycles. The summed E-state index contributed by atoms with van der Waals surface area (Å²) in [6.45, 7) is 1.94. The van der Waals surface area contributed by atoms with Crippen LogP contribution in [0.5, 0.6) is 0 Å². The summed E-state index contributed by atoms with van der Waals surface area (Å²) in [5, 5.41) is 17.8. The Bertz CT molecular complexity index is 70.6. The first-order valence-electron chi connectivity index (χ1n) is 1.82. The van der Waals surface area contributed by atoms with Crippen LogP contribution in [0.3, 0.4) is 0 Å². The van der Waals surface area contributed by atoms with E-state index in [1.807, 2.05) is 0 Å². The van der Waals surface area contributed by atoms with Crippen LogP contribution in [0.4, 0.5) is 0 Å². The Labute approximate surface area is 65.6 Å². The number of rotatable bonds is 0. The second-order valence-electron chi connectivity index (χ2n) is 0.983. The molecule has 4 nitrogen and oxygen atoms in total. The number of aliphatic carboxylic acids is 2. The second-order valence-corrected chi connectivity index (χ2v) is 0.983. The third-order valence-corrected chi connectivity index (χ3v) is 0. The van der Waals surface area contributed by atoms with E-state index >= 15 is 0 Å². The van der Waals surface area contributed by atoms with E-state index in [0.29, 0.717) is 0 Å². The molecule has 5 heteroatoms. The Hall–Kier alpha value is -0.437. The summed E-state index contributed by atoms with van der Waals surface area (Å²) in [6.07, 6.45) is 0. The number of hydrogen-bond donors (Lipinski definition) is 0. The Morgan fingerprint density at radius 1 is 1.00 bits per heavy atom. The molecule has 0 spiro atoms. The molecule has 0 bridgehead atoms. The molecular weight excluding hydrogens is 215 g/mol. The number of carbonyl (C=O) groups is 2. The van der Waals surface area contributed by atoms with Gasteiger partial charge in [0, 0.05) is 31.4 Å². The zero-order valence-electron chi connectivity index (χ0n) is 4.97. The third kappa shape index (κ3) is 1230. The number of carboxylic acids is 2. The molecular formula is C4H6O4Rh-2. The molecule has 0 aliphatic carbocycles. The van der Waals surface area contributed by atoms with E-state index in [-0.39, 0.29) is 19.5 Å². The molecule has 0 aromatic carbocycles.